The summed E-state index contributed by atoms with van der Waals surface area (Å²) in [7, 11) is 1.66. The molecule has 8 nitrogen and oxygen atoms in total. The summed E-state index contributed by atoms with van der Waals surface area (Å²) in [4.78, 5) is 12.6. The minimum absolute atomic E-state index is 0.363. The summed E-state index contributed by atoms with van der Waals surface area (Å²) in [6.07, 6.45) is 8.68. The van der Waals surface area contributed by atoms with Crippen molar-refractivity contribution >= 4 is 22.1 Å². The van der Waals surface area contributed by atoms with E-state index in [9.17, 15) is 0 Å². The minimum Gasteiger partial charge on any atom is -0.382 e. The van der Waals surface area contributed by atoms with Gasteiger partial charge in [-0.05, 0) is 37.7 Å². The molecule has 0 bridgehead atoms. The highest BCUT2D eigenvalue weighted by molar-refractivity contribution is 6.01. The summed E-state index contributed by atoms with van der Waals surface area (Å²) < 4.78 is 18.7. The topological polar surface area (TPSA) is 98.0 Å². The summed E-state index contributed by atoms with van der Waals surface area (Å²) in [5.41, 5.74) is 2.90. The average molecular weight is 412 g/mol. The van der Waals surface area contributed by atoms with Crippen LogP contribution in [-0.2, 0) is 20.8 Å². The van der Waals surface area contributed by atoms with E-state index in [1.54, 1.807) is 7.11 Å². The number of nitriles is 1. The van der Waals surface area contributed by atoms with E-state index in [-0.39, 0.29) is 0 Å². The highest BCUT2D eigenvalue weighted by Crippen LogP contribution is 2.37. The lowest BCUT2D eigenvalue weighted by molar-refractivity contribution is 0.0175. The second kappa shape index (κ2) is 10.0. The molecule has 1 aliphatic carbocycles. The van der Waals surface area contributed by atoms with Crippen LogP contribution in [0, 0.1) is 17.2 Å². The number of imidazole rings is 1. The molecule has 0 spiro atoms. The van der Waals surface area contributed by atoms with E-state index in [1.165, 1.54) is 0 Å². The highest BCUT2D eigenvalue weighted by Gasteiger charge is 2.26. The van der Waals surface area contributed by atoms with E-state index >= 15 is 0 Å². The molecule has 1 saturated carbocycles. The van der Waals surface area contributed by atoms with Crippen LogP contribution < -0.4 is 0 Å². The maximum atomic E-state index is 9.03. The molecule has 160 valence electrons. The Kier molecular flexibility index (Phi) is 6.95. The molecule has 0 amide bonds. The third kappa shape index (κ3) is 4.48. The second-order valence-corrected chi connectivity index (χ2v) is 7.82. The minimum atomic E-state index is 0.363. The molecule has 4 rings (SSSR count). The van der Waals surface area contributed by atoms with Gasteiger partial charge in [0, 0.05) is 31.2 Å². The van der Waals surface area contributed by atoms with Crippen molar-refractivity contribution in [3.8, 4) is 6.07 Å². The normalized spacial score (nSPS) is 19.5. The molecule has 1 aliphatic rings. The van der Waals surface area contributed by atoms with Crippen LogP contribution in [0.5, 0.6) is 0 Å². The zero-order chi connectivity index (χ0) is 20.8. The standard InChI is InChI=1S/C22H29N5O3/c1-28-10-11-29-12-13-30-15-20-26-19-14-25-22-18(7-9-24-22)21(19)27(20)17-4-2-16(3-5-17)6-8-23/h7,9,14,16-17H,2-6,10-13,15H2,1H3,(H,24,25). The van der Waals surface area contributed by atoms with Gasteiger partial charge in [0.1, 0.15) is 23.6 Å². The summed E-state index contributed by atoms with van der Waals surface area (Å²) >= 11 is 0. The van der Waals surface area contributed by atoms with Crippen LogP contribution in [-0.4, -0.2) is 53.1 Å². The van der Waals surface area contributed by atoms with Crippen LogP contribution in [0.15, 0.2) is 18.5 Å². The van der Waals surface area contributed by atoms with Crippen molar-refractivity contribution in [2.24, 2.45) is 5.92 Å². The predicted octanol–water partition coefficient (Wildman–Crippen LogP) is 3.74. The SMILES string of the molecule is COCCOCCOCc1nc2cnc3[nH]ccc3c2n1C1CCC(CC#N)CC1. The largest absolute Gasteiger partial charge is 0.382 e. The maximum Gasteiger partial charge on any atom is 0.139 e. The van der Waals surface area contributed by atoms with Crippen molar-refractivity contribution in [2.75, 3.05) is 33.5 Å². The number of rotatable bonds is 10. The van der Waals surface area contributed by atoms with Gasteiger partial charge in [-0.2, -0.15) is 5.26 Å². The Morgan fingerprint density at radius 3 is 2.77 bits per heavy atom. The molecule has 1 N–H and O–H groups in total. The molecule has 3 aromatic heterocycles. The first-order valence-electron chi connectivity index (χ1n) is 10.7. The smallest absolute Gasteiger partial charge is 0.139 e. The van der Waals surface area contributed by atoms with Crippen LogP contribution in [0.2, 0.25) is 0 Å². The van der Waals surface area contributed by atoms with Gasteiger partial charge < -0.3 is 23.8 Å². The first-order valence-corrected chi connectivity index (χ1v) is 10.7. The third-order valence-corrected chi connectivity index (χ3v) is 5.90. The fourth-order valence-electron chi connectivity index (χ4n) is 4.40. The molecule has 1 fully saturated rings. The van der Waals surface area contributed by atoms with Crippen molar-refractivity contribution in [1.29, 1.82) is 5.26 Å². The van der Waals surface area contributed by atoms with Crippen molar-refractivity contribution in [1.82, 2.24) is 19.5 Å². The van der Waals surface area contributed by atoms with Crippen LogP contribution in [0.4, 0.5) is 0 Å². The van der Waals surface area contributed by atoms with Gasteiger partial charge in [-0.1, -0.05) is 0 Å². The fourth-order valence-corrected chi connectivity index (χ4v) is 4.40. The van der Waals surface area contributed by atoms with Crippen LogP contribution in [0.3, 0.4) is 0 Å². The Balaban J connectivity index is 1.54. The number of aromatic amines is 1. The Morgan fingerprint density at radius 1 is 1.17 bits per heavy atom. The second-order valence-electron chi connectivity index (χ2n) is 7.82. The molecule has 0 radical (unpaired) electrons. The lowest BCUT2D eigenvalue weighted by Crippen LogP contribution is -2.20. The lowest BCUT2D eigenvalue weighted by Gasteiger charge is -2.30. The molecule has 0 atom stereocenters. The molecular formula is C22H29N5O3. The van der Waals surface area contributed by atoms with Gasteiger partial charge in [0.15, 0.2) is 0 Å². The third-order valence-electron chi connectivity index (χ3n) is 5.90. The summed E-state index contributed by atoms with van der Waals surface area (Å²) in [5, 5.41) is 10.1. The summed E-state index contributed by atoms with van der Waals surface area (Å²) in [6, 6.07) is 4.76. The van der Waals surface area contributed by atoms with Gasteiger partial charge in [0.05, 0.1) is 44.2 Å². The molecule has 0 aromatic carbocycles. The number of nitrogens with one attached hydrogen (secondary N) is 1. The lowest BCUT2D eigenvalue weighted by atomic mass is 9.84. The Morgan fingerprint density at radius 2 is 1.97 bits per heavy atom. The predicted molar refractivity (Wildman–Crippen MR) is 113 cm³/mol. The number of hydrogen-bond donors (Lipinski definition) is 1. The molecular weight excluding hydrogens is 382 g/mol. The van der Waals surface area contributed by atoms with E-state index < -0.39 is 0 Å². The first kappa shape index (κ1) is 20.8. The zero-order valence-corrected chi connectivity index (χ0v) is 17.5. The molecule has 3 heterocycles. The van der Waals surface area contributed by atoms with E-state index in [0.29, 0.717) is 51.4 Å². The van der Waals surface area contributed by atoms with E-state index in [1.807, 2.05) is 12.4 Å². The van der Waals surface area contributed by atoms with Crippen molar-refractivity contribution < 1.29 is 14.2 Å². The molecule has 3 aromatic rings. The van der Waals surface area contributed by atoms with E-state index in [4.69, 9.17) is 24.5 Å². The number of fused-ring (bicyclic) bond motifs is 3. The van der Waals surface area contributed by atoms with Crippen LogP contribution in [0.1, 0.15) is 44.0 Å². The van der Waals surface area contributed by atoms with Gasteiger partial charge in [0.25, 0.3) is 0 Å². The van der Waals surface area contributed by atoms with Gasteiger partial charge >= 0.3 is 0 Å². The highest BCUT2D eigenvalue weighted by atomic mass is 16.5. The molecule has 0 aliphatic heterocycles. The molecule has 30 heavy (non-hydrogen) atoms. The van der Waals surface area contributed by atoms with E-state index in [2.05, 4.69) is 26.7 Å². The van der Waals surface area contributed by atoms with Gasteiger partial charge in [-0.25, -0.2) is 9.97 Å². The monoisotopic (exact) mass is 411 g/mol. The first-order chi connectivity index (χ1) is 14.8. The Bertz CT molecular complexity index is 997. The number of pyridine rings is 1. The van der Waals surface area contributed by atoms with Crippen molar-refractivity contribution in [3.63, 3.8) is 0 Å². The zero-order valence-electron chi connectivity index (χ0n) is 17.5. The maximum absolute atomic E-state index is 9.03. The Labute approximate surface area is 176 Å². The fraction of sp³-hybridized carbons (Fsp3) is 0.591. The molecule has 0 unspecified atom stereocenters. The average Bonchev–Trinajstić information content (AvgIpc) is 3.38. The molecule has 0 saturated heterocycles. The summed E-state index contributed by atoms with van der Waals surface area (Å²) in [5.74, 6) is 1.44. The Hall–Kier alpha value is -2.47. The number of nitrogens with zero attached hydrogens (tertiary/aromatic N) is 4. The van der Waals surface area contributed by atoms with Crippen LogP contribution >= 0.6 is 0 Å². The van der Waals surface area contributed by atoms with Gasteiger partial charge in [0.2, 0.25) is 0 Å². The number of H-pyrrole nitrogens is 1. The van der Waals surface area contributed by atoms with Crippen LogP contribution in [0.25, 0.3) is 22.1 Å². The van der Waals surface area contributed by atoms with Gasteiger partial charge in [-0.15, -0.1) is 0 Å². The number of hydrogen-bond acceptors (Lipinski definition) is 6. The van der Waals surface area contributed by atoms with E-state index in [0.717, 1.165) is 53.6 Å². The van der Waals surface area contributed by atoms with Crippen molar-refractivity contribution in [3.05, 3.63) is 24.3 Å². The number of ether oxygens (including phenoxy) is 3. The molecule has 8 heteroatoms. The number of methoxy groups -OCH3 is 1. The quantitative estimate of drug-likeness (QED) is 0.510. The number of aromatic nitrogens is 4. The summed E-state index contributed by atoms with van der Waals surface area (Å²) in [6.45, 7) is 2.64. The van der Waals surface area contributed by atoms with Crippen molar-refractivity contribution in [2.45, 2.75) is 44.8 Å². The van der Waals surface area contributed by atoms with Gasteiger partial charge in [-0.3, -0.25) is 0 Å².